The molecule has 0 aromatic heterocycles. The van der Waals surface area contributed by atoms with Crippen LogP contribution >= 0.6 is 0 Å². The van der Waals surface area contributed by atoms with Crippen molar-refractivity contribution in [2.45, 2.75) is 19.9 Å². The van der Waals surface area contributed by atoms with Crippen LogP contribution in [0.4, 0.5) is 5.69 Å². The molecule has 0 aliphatic carbocycles. The summed E-state index contributed by atoms with van der Waals surface area (Å²) in [6.07, 6.45) is 0. The number of carbonyl (C=O) groups is 1. The van der Waals surface area contributed by atoms with Gasteiger partial charge in [0.05, 0.1) is 6.04 Å². The van der Waals surface area contributed by atoms with Gasteiger partial charge in [-0.3, -0.25) is 4.79 Å². The van der Waals surface area contributed by atoms with Crippen molar-refractivity contribution >= 4 is 11.6 Å². The normalized spacial score (nSPS) is 11.9. The van der Waals surface area contributed by atoms with E-state index in [1.165, 1.54) is 5.56 Å². The van der Waals surface area contributed by atoms with Crippen molar-refractivity contribution in [2.24, 2.45) is 0 Å². The number of amides is 1. The zero-order valence-electron chi connectivity index (χ0n) is 11.2. The number of nitrogens with two attached hydrogens (primary N) is 1. The Morgan fingerprint density at radius 1 is 1.05 bits per heavy atom. The quantitative estimate of drug-likeness (QED) is 0.827. The Morgan fingerprint density at radius 2 is 1.63 bits per heavy atom. The molecule has 1 atom stereocenters. The molecule has 3 heteroatoms. The van der Waals surface area contributed by atoms with Gasteiger partial charge in [-0.2, -0.15) is 0 Å². The number of anilines is 1. The van der Waals surface area contributed by atoms with Gasteiger partial charge in [0.2, 0.25) is 0 Å². The highest BCUT2D eigenvalue weighted by Gasteiger charge is 2.10. The van der Waals surface area contributed by atoms with Crippen molar-refractivity contribution in [1.82, 2.24) is 5.32 Å². The zero-order chi connectivity index (χ0) is 13.8. The molecule has 0 spiro atoms. The summed E-state index contributed by atoms with van der Waals surface area (Å²) in [4.78, 5) is 12.1. The van der Waals surface area contributed by atoms with Crippen molar-refractivity contribution < 1.29 is 4.79 Å². The lowest BCUT2D eigenvalue weighted by Crippen LogP contribution is -2.26. The fourth-order valence-electron chi connectivity index (χ4n) is 1.85. The van der Waals surface area contributed by atoms with Crippen molar-refractivity contribution in [3.8, 4) is 0 Å². The fraction of sp³-hybridized carbons (Fsp3) is 0.188. The summed E-state index contributed by atoms with van der Waals surface area (Å²) in [7, 11) is 0. The van der Waals surface area contributed by atoms with Crippen molar-refractivity contribution in [3.05, 3.63) is 65.2 Å². The lowest BCUT2D eigenvalue weighted by Gasteiger charge is -2.14. The van der Waals surface area contributed by atoms with Crippen LogP contribution in [0.2, 0.25) is 0 Å². The monoisotopic (exact) mass is 254 g/mol. The predicted molar refractivity (Wildman–Crippen MR) is 77.9 cm³/mol. The Kier molecular flexibility index (Phi) is 3.85. The van der Waals surface area contributed by atoms with E-state index >= 15 is 0 Å². The van der Waals surface area contributed by atoms with E-state index in [1.807, 2.05) is 38.1 Å². The van der Waals surface area contributed by atoms with Gasteiger partial charge in [0.1, 0.15) is 0 Å². The maximum atomic E-state index is 12.1. The number of carbonyl (C=O) groups excluding carboxylic acids is 1. The lowest BCUT2D eigenvalue weighted by molar-refractivity contribution is 0.0940. The summed E-state index contributed by atoms with van der Waals surface area (Å²) in [5.41, 5.74) is 9.18. The summed E-state index contributed by atoms with van der Waals surface area (Å²) in [6, 6.07) is 15.0. The number of hydrogen-bond donors (Lipinski definition) is 2. The molecular formula is C16H18N2O. The van der Waals surface area contributed by atoms with Gasteiger partial charge in [0.25, 0.3) is 5.91 Å². The SMILES string of the molecule is Cc1ccc([C@H](C)NC(=O)c2ccc(N)cc2)cc1. The standard InChI is InChI=1S/C16H18N2O/c1-11-3-5-13(6-4-11)12(2)18-16(19)14-7-9-15(17)10-8-14/h3-10,12H,17H2,1-2H3,(H,18,19)/t12-/m0/s1. The molecule has 0 saturated carbocycles. The van der Waals surface area contributed by atoms with Gasteiger partial charge in [-0.15, -0.1) is 0 Å². The molecule has 2 rings (SSSR count). The molecule has 3 N–H and O–H groups in total. The van der Waals surface area contributed by atoms with Gasteiger partial charge in [-0.1, -0.05) is 29.8 Å². The van der Waals surface area contributed by atoms with Gasteiger partial charge in [-0.25, -0.2) is 0 Å². The molecule has 2 aromatic carbocycles. The van der Waals surface area contributed by atoms with E-state index in [1.54, 1.807) is 24.3 Å². The van der Waals surface area contributed by atoms with Crippen LogP contribution in [0, 0.1) is 6.92 Å². The van der Waals surface area contributed by atoms with E-state index in [2.05, 4.69) is 5.32 Å². The fourth-order valence-corrected chi connectivity index (χ4v) is 1.85. The van der Waals surface area contributed by atoms with Crippen LogP contribution in [0.25, 0.3) is 0 Å². The number of aryl methyl sites for hydroxylation is 1. The van der Waals surface area contributed by atoms with E-state index in [4.69, 9.17) is 5.73 Å². The molecule has 0 aliphatic heterocycles. The van der Waals surface area contributed by atoms with Crippen LogP contribution < -0.4 is 11.1 Å². The minimum atomic E-state index is -0.0897. The summed E-state index contributed by atoms with van der Waals surface area (Å²) in [5, 5.41) is 2.97. The zero-order valence-corrected chi connectivity index (χ0v) is 11.2. The Hall–Kier alpha value is -2.29. The first-order valence-corrected chi connectivity index (χ1v) is 6.29. The van der Waals surface area contributed by atoms with Gasteiger partial charge in [0, 0.05) is 11.3 Å². The van der Waals surface area contributed by atoms with E-state index in [0.29, 0.717) is 11.3 Å². The maximum Gasteiger partial charge on any atom is 0.251 e. The van der Waals surface area contributed by atoms with Gasteiger partial charge >= 0.3 is 0 Å². The first-order valence-electron chi connectivity index (χ1n) is 6.29. The Bertz CT molecular complexity index is 558. The van der Waals surface area contributed by atoms with Crippen LogP contribution in [0.15, 0.2) is 48.5 Å². The van der Waals surface area contributed by atoms with Crippen molar-refractivity contribution in [2.75, 3.05) is 5.73 Å². The van der Waals surface area contributed by atoms with E-state index in [9.17, 15) is 4.79 Å². The second-order valence-electron chi connectivity index (χ2n) is 4.73. The summed E-state index contributed by atoms with van der Waals surface area (Å²) in [6.45, 7) is 4.02. The molecule has 98 valence electrons. The number of nitrogens with one attached hydrogen (secondary N) is 1. The molecule has 0 heterocycles. The highest BCUT2D eigenvalue weighted by molar-refractivity contribution is 5.94. The highest BCUT2D eigenvalue weighted by Crippen LogP contribution is 2.14. The molecule has 0 radical (unpaired) electrons. The van der Waals surface area contributed by atoms with Crippen LogP contribution in [0.5, 0.6) is 0 Å². The van der Waals surface area contributed by atoms with Crippen LogP contribution in [-0.4, -0.2) is 5.91 Å². The molecule has 2 aromatic rings. The lowest BCUT2D eigenvalue weighted by atomic mass is 10.1. The van der Waals surface area contributed by atoms with Crippen LogP contribution in [-0.2, 0) is 0 Å². The summed E-state index contributed by atoms with van der Waals surface area (Å²) >= 11 is 0. The minimum Gasteiger partial charge on any atom is -0.399 e. The smallest absolute Gasteiger partial charge is 0.251 e. The summed E-state index contributed by atoms with van der Waals surface area (Å²) in [5.74, 6) is -0.0897. The van der Waals surface area contributed by atoms with Crippen LogP contribution in [0.1, 0.15) is 34.5 Å². The molecular weight excluding hydrogens is 236 g/mol. The predicted octanol–water partition coefficient (Wildman–Crippen LogP) is 3.07. The average molecular weight is 254 g/mol. The molecule has 0 saturated heterocycles. The Balaban J connectivity index is 2.06. The van der Waals surface area contributed by atoms with Gasteiger partial charge in [0.15, 0.2) is 0 Å². The molecule has 0 bridgehead atoms. The van der Waals surface area contributed by atoms with Gasteiger partial charge in [-0.05, 0) is 43.7 Å². The Labute approximate surface area is 113 Å². The van der Waals surface area contributed by atoms with E-state index < -0.39 is 0 Å². The molecule has 19 heavy (non-hydrogen) atoms. The molecule has 0 fully saturated rings. The number of rotatable bonds is 3. The van der Waals surface area contributed by atoms with E-state index in [-0.39, 0.29) is 11.9 Å². The van der Waals surface area contributed by atoms with E-state index in [0.717, 1.165) is 5.56 Å². The molecule has 3 nitrogen and oxygen atoms in total. The highest BCUT2D eigenvalue weighted by atomic mass is 16.1. The third-order valence-corrected chi connectivity index (χ3v) is 3.10. The first kappa shape index (κ1) is 13.1. The number of benzene rings is 2. The molecule has 0 aliphatic rings. The maximum absolute atomic E-state index is 12.1. The van der Waals surface area contributed by atoms with Crippen molar-refractivity contribution in [1.29, 1.82) is 0 Å². The third kappa shape index (κ3) is 3.35. The number of hydrogen-bond acceptors (Lipinski definition) is 2. The third-order valence-electron chi connectivity index (χ3n) is 3.10. The first-order chi connectivity index (χ1) is 9.06. The van der Waals surface area contributed by atoms with Crippen molar-refractivity contribution in [3.63, 3.8) is 0 Å². The summed E-state index contributed by atoms with van der Waals surface area (Å²) < 4.78 is 0. The largest absolute Gasteiger partial charge is 0.399 e. The second-order valence-corrected chi connectivity index (χ2v) is 4.73. The Morgan fingerprint density at radius 3 is 2.21 bits per heavy atom. The topological polar surface area (TPSA) is 55.1 Å². The van der Waals surface area contributed by atoms with Gasteiger partial charge < -0.3 is 11.1 Å². The molecule has 1 amide bonds. The second kappa shape index (κ2) is 5.57. The minimum absolute atomic E-state index is 0.0225. The van der Waals surface area contributed by atoms with Crippen LogP contribution in [0.3, 0.4) is 0 Å². The average Bonchev–Trinajstić information content (AvgIpc) is 2.40. The molecule has 0 unspecified atom stereocenters. The number of nitrogen functional groups attached to an aromatic ring is 1.